The highest BCUT2D eigenvalue weighted by molar-refractivity contribution is 6.13. The molecular weight excluding hydrogens is 1100 g/mol. The summed E-state index contributed by atoms with van der Waals surface area (Å²) in [5, 5.41) is 19.1. The lowest BCUT2D eigenvalue weighted by Crippen LogP contribution is -2.54. The van der Waals surface area contributed by atoms with Crippen LogP contribution >= 0.6 is 0 Å². The van der Waals surface area contributed by atoms with Crippen LogP contribution in [0.2, 0.25) is 0 Å². The summed E-state index contributed by atoms with van der Waals surface area (Å²) in [7, 11) is 0. The number of rotatable bonds is 31. The maximum Gasteiger partial charge on any atom is 0.408 e. The topological polar surface area (TPSA) is 348 Å². The predicted octanol–water partition coefficient (Wildman–Crippen LogP) is 5.41. The highest BCUT2D eigenvalue weighted by Gasteiger charge is 2.30. The Kier molecular flexibility index (Phi) is 25.0. The number of fused-ring (bicyclic) bond motifs is 1. The third kappa shape index (κ3) is 20.6. The second-order valence-electron chi connectivity index (χ2n) is 21.2. The fourth-order valence-corrected chi connectivity index (χ4v) is 9.41. The molecule has 0 radical (unpaired) electrons. The number of anilines is 2. The molecule has 3 unspecified atom stereocenters. The van der Waals surface area contributed by atoms with Crippen LogP contribution in [0.5, 0.6) is 0 Å². The minimum atomic E-state index is -1.10. The van der Waals surface area contributed by atoms with Crippen LogP contribution in [0.1, 0.15) is 118 Å². The average Bonchev–Trinajstić information content (AvgIpc) is 3.16. The predicted molar refractivity (Wildman–Crippen MR) is 324 cm³/mol. The molecule has 11 amide bonds. The number of carbonyl (C=O) groups excluding carboxylic acids is 10. The van der Waals surface area contributed by atoms with Crippen molar-refractivity contribution < 1.29 is 52.7 Å². The van der Waals surface area contributed by atoms with Crippen LogP contribution in [0.3, 0.4) is 0 Å². The highest BCUT2D eigenvalue weighted by atomic mass is 16.5. The second-order valence-corrected chi connectivity index (χ2v) is 21.2. The molecule has 11 N–H and O–H groups in total. The van der Waals surface area contributed by atoms with Crippen LogP contribution in [0, 0.1) is 5.92 Å². The zero-order valence-corrected chi connectivity index (χ0v) is 48.9. The van der Waals surface area contributed by atoms with Gasteiger partial charge in [0.2, 0.25) is 29.5 Å². The van der Waals surface area contributed by atoms with E-state index in [1.54, 1.807) is 68.5 Å². The Hall–Kier alpha value is -9.74. The Balaban J connectivity index is 1.01. The minimum absolute atomic E-state index is 0.0116. The van der Waals surface area contributed by atoms with E-state index >= 15 is 0 Å². The van der Waals surface area contributed by atoms with Crippen LogP contribution in [0.25, 0.3) is 6.08 Å². The molecule has 2 aliphatic rings. The number of hydrogen-bond acceptors (Lipinski definition) is 14. The maximum absolute atomic E-state index is 13.8. The quantitative estimate of drug-likeness (QED) is 0.0225. The first-order chi connectivity index (χ1) is 41.3. The Morgan fingerprint density at radius 1 is 0.721 bits per heavy atom. The zero-order chi connectivity index (χ0) is 62.1. The number of nitrogens with zero attached hydrogens (tertiary/aromatic N) is 4. The van der Waals surface area contributed by atoms with Crippen molar-refractivity contribution in [2.45, 2.75) is 123 Å². The molecule has 0 saturated carbocycles. The normalized spacial score (nSPS) is 13.6. The monoisotopic (exact) mass is 1180 g/mol. The summed E-state index contributed by atoms with van der Waals surface area (Å²) in [6.45, 7) is 8.93. The lowest BCUT2D eigenvalue weighted by Gasteiger charge is -2.25. The van der Waals surface area contributed by atoms with Gasteiger partial charge in [0.05, 0.1) is 17.6 Å². The summed E-state index contributed by atoms with van der Waals surface area (Å²) in [6.07, 6.45) is 10.2. The van der Waals surface area contributed by atoms with Crippen LogP contribution in [-0.4, -0.2) is 124 Å². The third-order valence-corrected chi connectivity index (χ3v) is 13.9. The number of ether oxygens (including phenoxy) is 1. The van der Waals surface area contributed by atoms with Crippen molar-refractivity contribution >= 4 is 88.4 Å². The van der Waals surface area contributed by atoms with Gasteiger partial charge in [-0.15, -0.1) is 0 Å². The van der Waals surface area contributed by atoms with E-state index in [9.17, 15) is 47.9 Å². The van der Waals surface area contributed by atoms with Crippen molar-refractivity contribution in [2.24, 2.45) is 22.4 Å². The SMILES string of the molecule is CCCN(CCC)C(=O)C1=Cc2ccc(C(=O)Nc3cncc(CNC(=O)C(Cc4ccccc4)NC(=O)OCc4ccc(NC(=O)C(CCCNC(N)=O)NC(=O)C(NC(=O)CCCCCN5C(=O)C=CC5=O)C(C)C)cc4)c3)cc2N=C(N)C1. The average molecular weight is 1180 g/mol. The molecule has 3 atom stereocenters. The number of urea groups is 1. The fourth-order valence-electron chi connectivity index (χ4n) is 9.41. The molecular formula is C62H77N13O11. The first kappa shape index (κ1) is 65.4. The van der Waals surface area contributed by atoms with E-state index in [1.807, 2.05) is 49.1 Å². The van der Waals surface area contributed by atoms with Crippen LogP contribution < -0.4 is 48.7 Å². The number of nitrogens with two attached hydrogens (primary N) is 2. The molecule has 4 aromatic rings. The Labute approximate surface area is 499 Å². The lowest BCUT2D eigenvalue weighted by molar-refractivity contribution is -0.137. The minimum Gasteiger partial charge on any atom is -0.445 e. The van der Waals surface area contributed by atoms with Gasteiger partial charge in [0, 0.05) is 92.7 Å². The molecule has 0 aliphatic carbocycles. The molecule has 3 heterocycles. The number of carbonyl (C=O) groups is 10. The number of nitrogens with one attached hydrogen (secondary N) is 7. The number of benzene rings is 3. The van der Waals surface area contributed by atoms with Gasteiger partial charge >= 0.3 is 12.1 Å². The van der Waals surface area contributed by atoms with E-state index in [0.29, 0.717) is 77.2 Å². The third-order valence-electron chi connectivity index (χ3n) is 13.9. The largest absolute Gasteiger partial charge is 0.445 e. The molecule has 1 aromatic heterocycles. The molecule has 24 heteroatoms. The van der Waals surface area contributed by atoms with Crippen LogP contribution in [-0.2, 0) is 57.9 Å². The van der Waals surface area contributed by atoms with Crippen LogP contribution in [0.15, 0.2) is 114 Å². The van der Waals surface area contributed by atoms with E-state index in [2.05, 4.69) is 47.2 Å². The number of amidine groups is 1. The fraction of sp³-hybridized carbons (Fsp3) is 0.387. The number of unbranched alkanes of at least 4 members (excludes halogenated alkanes) is 2. The van der Waals surface area contributed by atoms with E-state index in [-0.39, 0.29) is 93.7 Å². The summed E-state index contributed by atoms with van der Waals surface area (Å²) >= 11 is 0. The molecule has 24 nitrogen and oxygen atoms in total. The number of alkyl carbamates (subject to hydrolysis) is 1. The number of pyridine rings is 1. The highest BCUT2D eigenvalue weighted by Crippen LogP contribution is 2.29. The molecule has 0 spiro atoms. The van der Waals surface area contributed by atoms with Gasteiger partial charge in [0.1, 0.15) is 30.6 Å². The standard InChI is InChI=1S/C62H77N13O11/c1-5-27-74(28-6-2)60(83)45-32-43-20-21-44(33-49(43)70-51(63)34-45)56(79)69-47-30-42(35-65-37-47)36-67-57(80)50(31-40-14-9-7-10-15-40)72-62(85)86-38-41-18-22-46(23-19-41)68-58(81)48(16-13-26-66-61(64)84)71-59(82)55(39(3)4)73-52(76)17-11-8-12-29-75-53(77)24-25-54(75)78/h7,9-10,14-15,18-25,30,32-33,35,37,39,48,50,55H,5-6,8,11-13,16-17,26-29,31,34,36,38H2,1-4H3,(H2,63,70)(H,67,80)(H,68,81)(H,69,79)(H,71,82)(H,72,85)(H,73,76)(H3,64,66,84). The summed E-state index contributed by atoms with van der Waals surface area (Å²) in [5.74, 6) is -3.48. The smallest absolute Gasteiger partial charge is 0.408 e. The van der Waals surface area contributed by atoms with Gasteiger partial charge in [0.25, 0.3) is 17.7 Å². The van der Waals surface area contributed by atoms with Gasteiger partial charge < -0.3 is 58.3 Å². The molecule has 0 bridgehead atoms. The molecule has 0 saturated heterocycles. The number of primary amides is 1. The summed E-state index contributed by atoms with van der Waals surface area (Å²) in [5.41, 5.74) is 16.0. The number of imide groups is 1. The van der Waals surface area contributed by atoms with Gasteiger partial charge in [-0.1, -0.05) is 82.6 Å². The molecule has 0 fully saturated rings. The number of aliphatic imine (C=N–C) groups is 1. The molecule has 3 aromatic carbocycles. The Morgan fingerprint density at radius 3 is 2.13 bits per heavy atom. The summed E-state index contributed by atoms with van der Waals surface area (Å²) in [6, 6.07) is 18.2. The number of amides is 11. The van der Waals surface area contributed by atoms with Gasteiger partial charge in [-0.25, -0.2) is 14.6 Å². The van der Waals surface area contributed by atoms with Crippen molar-refractivity contribution in [1.29, 1.82) is 0 Å². The first-order valence-corrected chi connectivity index (χ1v) is 28.8. The van der Waals surface area contributed by atoms with Gasteiger partial charge in [0.15, 0.2) is 0 Å². The summed E-state index contributed by atoms with van der Waals surface area (Å²) in [4.78, 5) is 141. The van der Waals surface area contributed by atoms with E-state index in [4.69, 9.17) is 16.2 Å². The van der Waals surface area contributed by atoms with Gasteiger partial charge in [-0.2, -0.15) is 0 Å². The van der Waals surface area contributed by atoms with Crippen molar-refractivity contribution in [2.75, 3.05) is 36.8 Å². The van der Waals surface area contributed by atoms with Gasteiger partial charge in [-0.05, 0) is 97.5 Å². The zero-order valence-electron chi connectivity index (χ0n) is 48.9. The van der Waals surface area contributed by atoms with E-state index in [0.717, 1.165) is 23.3 Å². The van der Waals surface area contributed by atoms with Crippen molar-refractivity contribution in [3.8, 4) is 0 Å². The first-order valence-electron chi connectivity index (χ1n) is 28.8. The summed E-state index contributed by atoms with van der Waals surface area (Å²) < 4.78 is 5.54. The van der Waals surface area contributed by atoms with Crippen molar-refractivity contribution in [3.63, 3.8) is 0 Å². The van der Waals surface area contributed by atoms with E-state index < -0.39 is 53.9 Å². The molecule has 6 rings (SSSR count). The maximum atomic E-state index is 13.8. The molecule has 86 heavy (non-hydrogen) atoms. The molecule has 2 aliphatic heterocycles. The van der Waals surface area contributed by atoms with Crippen molar-refractivity contribution in [1.82, 2.24) is 41.4 Å². The number of aromatic nitrogens is 1. The second kappa shape index (κ2) is 32.9. The van der Waals surface area contributed by atoms with Crippen molar-refractivity contribution in [3.05, 3.63) is 137 Å². The molecule has 456 valence electrons. The Bertz CT molecular complexity index is 3160. The van der Waals surface area contributed by atoms with Crippen LogP contribution in [0.4, 0.5) is 26.7 Å². The Morgan fingerprint density at radius 2 is 1.44 bits per heavy atom. The van der Waals surface area contributed by atoms with Gasteiger partial charge in [-0.3, -0.25) is 48.2 Å². The van der Waals surface area contributed by atoms with E-state index in [1.165, 1.54) is 24.5 Å². The lowest BCUT2D eigenvalue weighted by atomic mass is 10.0. The number of hydrogen-bond donors (Lipinski definition) is 9.